The molecule has 2 amide bonds. The van der Waals surface area contributed by atoms with Crippen molar-refractivity contribution in [1.82, 2.24) is 10.2 Å². The van der Waals surface area contributed by atoms with Crippen LogP contribution in [0, 0.1) is 5.92 Å². The largest absolute Gasteiger partial charge is 0.392 e. The van der Waals surface area contributed by atoms with Gasteiger partial charge in [0.25, 0.3) is 5.91 Å². The fourth-order valence-corrected chi connectivity index (χ4v) is 3.92. The van der Waals surface area contributed by atoms with Crippen LogP contribution in [-0.4, -0.2) is 41.0 Å². The Hall–Kier alpha value is -2.66. The molecule has 1 unspecified atom stereocenters. The van der Waals surface area contributed by atoms with E-state index in [9.17, 15) is 14.7 Å². The van der Waals surface area contributed by atoms with E-state index in [2.05, 4.69) is 5.32 Å². The van der Waals surface area contributed by atoms with Crippen LogP contribution in [0.5, 0.6) is 0 Å². The van der Waals surface area contributed by atoms with Crippen molar-refractivity contribution in [3.05, 3.63) is 59.7 Å². The molecule has 2 aromatic rings. The molecule has 1 heterocycles. The van der Waals surface area contributed by atoms with Gasteiger partial charge in [-0.3, -0.25) is 9.59 Å². The summed E-state index contributed by atoms with van der Waals surface area (Å²) in [6, 6.07) is 15.1. The number of aliphatic hydroxyl groups excluding tert-OH is 1. The van der Waals surface area contributed by atoms with Gasteiger partial charge in [-0.1, -0.05) is 36.4 Å². The van der Waals surface area contributed by atoms with E-state index in [1.54, 1.807) is 6.07 Å². The lowest BCUT2D eigenvalue weighted by atomic mass is 9.98. The number of rotatable bonds is 5. The average molecular weight is 378 g/mol. The molecule has 2 N–H and O–H groups in total. The normalized spacial score (nSPS) is 19.3. The van der Waals surface area contributed by atoms with E-state index in [-0.39, 0.29) is 30.4 Å². The number of hydrogen-bond donors (Lipinski definition) is 2. The van der Waals surface area contributed by atoms with Gasteiger partial charge < -0.3 is 15.3 Å². The maximum absolute atomic E-state index is 12.8. The summed E-state index contributed by atoms with van der Waals surface area (Å²) in [5.41, 5.74) is 3.27. The zero-order valence-corrected chi connectivity index (χ0v) is 15.9. The van der Waals surface area contributed by atoms with Gasteiger partial charge in [0, 0.05) is 30.6 Å². The fourth-order valence-electron chi connectivity index (χ4n) is 3.92. The second kappa shape index (κ2) is 8.15. The molecule has 1 atom stereocenters. The molecule has 2 aliphatic rings. The van der Waals surface area contributed by atoms with Gasteiger partial charge in [-0.2, -0.15) is 0 Å². The highest BCUT2D eigenvalue weighted by atomic mass is 16.3. The first-order chi connectivity index (χ1) is 13.7. The van der Waals surface area contributed by atoms with Crippen molar-refractivity contribution < 1.29 is 14.7 Å². The van der Waals surface area contributed by atoms with E-state index >= 15 is 0 Å². The number of likely N-dealkylation sites (tertiary alicyclic amines) is 1. The molecule has 0 bridgehead atoms. The van der Waals surface area contributed by atoms with E-state index in [0.29, 0.717) is 12.1 Å². The predicted octanol–water partition coefficient (Wildman–Crippen LogP) is 2.98. The number of aliphatic hydroxyl groups is 1. The molecule has 0 radical (unpaired) electrons. The van der Waals surface area contributed by atoms with E-state index in [1.165, 1.54) is 0 Å². The molecule has 0 aromatic heterocycles. The lowest BCUT2D eigenvalue weighted by Gasteiger charge is -2.33. The van der Waals surface area contributed by atoms with Crippen molar-refractivity contribution in [2.75, 3.05) is 13.1 Å². The lowest BCUT2D eigenvalue weighted by molar-refractivity contribution is -0.133. The van der Waals surface area contributed by atoms with Gasteiger partial charge in [0.2, 0.25) is 5.91 Å². The maximum atomic E-state index is 12.8. The standard InChI is InChI=1S/C23H26N2O3/c26-15-19-5-1-2-9-21(19)17-6-3-7-18(13-17)22(27)24-20-8-4-12-25(14-20)23(28)16-10-11-16/h1-3,5-7,9,13,16,20,26H,4,8,10-12,14-15H2,(H,24,27). The number of benzene rings is 2. The molecule has 5 nitrogen and oxygen atoms in total. The number of hydrogen-bond acceptors (Lipinski definition) is 3. The number of carbonyl (C=O) groups is 2. The molecule has 28 heavy (non-hydrogen) atoms. The summed E-state index contributed by atoms with van der Waals surface area (Å²) in [7, 11) is 0. The first-order valence-electron chi connectivity index (χ1n) is 10.0. The average Bonchev–Trinajstić information content (AvgIpc) is 3.59. The van der Waals surface area contributed by atoms with Crippen molar-refractivity contribution in [2.45, 2.75) is 38.3 Å². The molecular formula is C23H26N2O3. The molecule has 1 aliphatic carbocycles. The number of piperidine rings is 1. The molecule has 0 spiro atoms. The van der Waals surface area contributed by atoms with E-state index in [0.717, 1.165) is 48.9 Å². The summed E-state index contributed by atoms with van der Waals surface area (Å²) >= 11 is 0. The van der Waals surface area contributed by atoms with Gasteiger partial charge in [0.1, 0.15) is 0 Å². The highest BCUT2D eigenvalue weighted by Crippen LogP contribution is 2.32. The zero-order valence-electron chi connectivity index (χ0n) is 15.9. The van der Waals surface area contributed by atoms with Gasteiger partial charge in [-0.15, -0.1) is 0 Å². The van der Waals surface area contributed by atoms with E-state index < -0.39 is 0 Å². The molecular weight excluding hydrogens is 352 g/mol. The Morgan fingerprint density at radius 2 is 1.89 bits per heavy atom. The van der Waals surface area contributed by atoms with Crippen LogP contribution in [0.25, 0.3) is 11.1 Å². The summed E-state index contributed by atoms with van der Waals surface area (Å²) in [6.07, 6.45) is 3.84. The van der Waals surface area contributed by atoms with Crippen LogP contribution in [0.2, 0.25) is 0 Å². The minimum atomic E-state index is -0.117. The maximum Gasteiger partial charge on any atom is 0.251 e. The third-order valence-corrected chi connectivity index (χ3v) is 5.62. The highest BCUT2D eigenvalue weighted by molar-refractivity contribution is 5.95. The van der Waals surface area contributed by atoms with Crippen molar-refractivity contribution in [1.29, 1.82) is 0 Å². The van der Waals surface area contributed by atoms with Gasteiger partial charge >= 0.3 is 0 Å². The third kappa shape index (κ3) is 4.09. The quantitative estimate of drug-likeness (QED) is 0.840. The first-order valence-corrected chi connectivity index (χ1v) is 10.0. The van der Waals surface area contributed by atoms with Gasteiger partial charge in [-0.25, -0.2) is 0 Å². The molecule has 146 valence electrons. The van der Waals surface area contributed by atoms with Crippen LogP contribution < -0.4 is 5.32 Å². The first kappa shape index (κ1) is 18.7. The number of carbonyl (C=O) groups excluding carboxylic acids is 2. The van der Waals surface area contributed by atoms with Crippen molar-refractivity contribution in [2.24, 2.45) is 5.92 Å². The van der Waals surface area contributed by atoms with Crippen LogP contribution in [0.15, 0.2) is 48.5 Å². The third-order valence-electron chi connectivity index (χ3n) is 5.62. The molecule has 1 saturated carbocycles. The molecule has 2 fully saturated rings. The van der Waals surface area contributed by atoms with Crippen LogP contribution >= 0.6 is 0 Å². The molecule has 4 rings (SSSR count). The summed E-state index contributed by atoms with van der Waals surface area (Å²) in [5.74, 6) is 0.355. The van der Waals surface area contributed by atoms with Gasteiger partial charge in [-0.05, 0) is 54.5 Å². The highest BCUT2D eigenvalue weighted by Gasteiger charge is 2.35. The Bertz CT molecular complexity index is 876. The SMILES string of the molecule is O=C(NC1CCCN(C(=O)C2CC2)C1)c1cccc(-c2ccccc2CO)c1. The lowest BCUT2D eigenvalue weighted by Crippen LogP contribution is -2.50. The second-order valence-corrected chi connectivity index (χ2v) is 7.77. The summed E-state index contributed by atoms with van der Waals surface area (Å²) in [6.45, 7) is 1.36. The number of nitrogens with one attached hydrogen (secondary N) is 1. The minimum Gasteiger partial charge on any atom is -0.392 e. The van der Waals surface area contributed by atoms with Crippen LogP contribution in [0.4, 0.5) is 0 Å². The van der Waals surface area contributed by atoms with E-state index in [4.69, 9.17) is 0 Å². The summed E-state index contributed by atoms with van der Waals surface area (Å²) in [5, 5.41) is 12.7. The van der Waals surface area contributed by atoms with Crippen molar-refractivity contribution >= 4 is 11.8 Å². The Kier molecular flexibility index (Phi) is 5.44. The Balaban J connectivity index is 1.45. The molecule has 2 aromatic carbocycles. The van der Waals surface area contributed by atoms with Crippen molar-refractivity contribution in [3.8, 4) is 11.1 Å². The Labute approximate surface area is 165 Å². The van der Waals surface area contributed by atoms with Crippen LogP contribution in [-0.2, 0) is 11.4 Å². The van der Waals surface area contributed by atoms with Crippen LogP contribution in [0.1, 0.15) is 41.6 Å². The topological polar surface area (TPSA) is 69.6 Å². The Morgan fingerprint density at radius 1 is 1.07 bits per heavy atom. The molecule has 1 saturated heterocycles. The second-order valence-electron chi connectivity index (χ2n) is 7.77. The smallest absolute Gasteiger partial charge is 0.251 e. The van der Waals surface area contributed by atoms with Gasteiger partial charge in [0.05, 0.1) is 6.61 Å². The monoisotopic (exact) mass is 378 g/mol. The zero-order chi connectivity index (χ0) is 19.5. The number of nitrogens with zero attached hydrogens (tertiary/aromatic N) is 1. The molecule has 1 aliphatic heterocycles. The number of amides is 2. The van der Waals surface area contributed by atoms with Crippen LogP contribution in [0.3, 0.4) is 0 Å². The summed E-state index contributed by atoms with van der Waals surface area (Å²) < 4.78 is 0. The Morgan fingerprint density at radius 3 is 2.68 bits per heavy atom. The van der Waals surface area contributed by atoms with Gasteiger partial charge in [0.15, 0.2) is 0 Å². The minimum absolute atomic E-state index is 0.00247. The van der Waals surface area contributed by atoms with E-state index in [1.807, 2.05) is 47.4 Å². The molecule has 5 heteroatoms. The van der Waals surface area contributed by atoms with Crippen molar-refractivity contribution in [3.63, 3.8) is 0 Å². The fraction of sp³-hybridized carbons (Fsp3) is 0.391. The predicted molar refractivity (Wildman–Crippen MR) is 108 cm³/mol. The summed E-state index contributed by atoms with van der Waals surface area (Å²) in [4.78, 5) is 27.0.